The first kappa shape index (κ1) is 6.99. The van der Waals surface area contributed by atoms with Crippen molar-refractivity contribution in [1.29, 1.82) is 0 Å². The van der Waals surface area contributed by atoms with Crippen LogP contribution in [0.3, 0.4) is 0 Å². The van der Waals surface area contributed by atoms with E-state index in [0.29, 0.717) is 6.54 Å². The molecular formula is C6H13N2O-. The summed E-state index contributed by atoms with van der Waals surface area (Å²) in [5, 5.41) is 15.1. The summed E-state index contributed by atoms with van der Waals surface area (Å²) in [5.74, 6) is 0. The van der Waals surface area contributed by atoms with E-state index < -0.39 is 0 Å². The minimum atomic E-state index is 0.106. The fraction of sp³-hybridized carbons (Fsp3) is 1.00. The monoisotopic (exact) mass is 129 g/mol. The molecule has 3 nitrogen and oxygen atoms in total. The molecule has 0 saturated carbocycles. The van der Waals surface area contributed by atoms with E-state index in [2.05, 4.69) is 12.2 Å². The molecule has 1 saturated heterocycles. The van der Waals surface area contributed by atoms with Gasteiger partial charge in [0.1, 0.15) is 0 Å². The lowest BCUT2D eigenvalue weighted by Crippen LogP contribution is -2.31. The minimum Gasteiger partial charge on any atom is -0.784 e. The summed E-state index contributed by atoms with van der Waals surface area (Å²) in [5.41, 5.74) is 0. The lowest BCUT2D eigenvalue weighted by molar-refractivity contribution is 0.312. The third-order valence-corrected chi connectivity index (χ3v) is 1.62. The maximum absolute atomic E-state index is 10.8. The van der Waals surface area contributed by atoms with E-state index in [1.807, 2.05) is 0 Å². The summed E-state index contributed by atoms with van der Waals surface area (Å²) >= 11 is 0. The van der Waals surface area contributed by atoms with Crippen LogP contribution in [-0.2, 0) is 0 Å². The van der Waals surface area contributed by atoms with Gasteiger partial charge in [-0.1, -0.05) is 13.3 Å². The predicted octanol–water partition coefficient (Wildman–Crippen LogP) is 0.516. The van der Waals surface area contributed by atoms with Gasteiger partial charge in [-0.3, -0.25) is 0 Å². The van der Waals surface area contributed by atoms with Gasteiger partial charge in [0.25, 0.3) is 0 Å². The fourth-order valence-corrected chi connectivity index (χ4v) is 1.12. The topological polar surface area (TPSA) is 38.3 Å². The summed E-state index contributed by atoms with van der Waals surface area (Å²) in [6.07, 6.45) is 2.16. The zero-order valence-corrected chi connectivity index (χ0v) is 5.76. The van der Waals surface area contributed by atoms with Gasteiger partial charge in [-0.15, -0.1) is 0 Å². The van der Waals surface area contributed by atoms with Crippen LogP contribution in [0, 0.1) is 5.21 Å². The molecule has 1 fully saturated rings. The van der Waals surface area contributed by atoms with Gasteiger partial charge in [0.2, 0.25) is 0 Å². The smallest absolute Gasteiger partial charge is 0.0482 e. The van der Waals surface area contributed by atoms with E-state index in [4.69, 9.17) is 0 Å². The van der Waals surface area contributed by atoms with E-state index in [0.717, 1.165) is 24.4 Å². The van der Waals surface area contributed by atoms with Crippen LogP contribution in [0.15, 0.2) is 0 Å². The molecule has 1 heterocycles. The molecule has 1 aliphatic rings. The van der Waals surface area contributed by atoms with Crippen molar-refractivity contribution in [1.82, 2.24) is 10.4 Å². The summed E-state index contributed by atoms with van der Waals surface area (Å²) in [6.45, 7) is 3.60. The zero-order valence-electron chi connectivity index (χ0n) is 5.76. The van der Waals surface area contributed by atoms with Crippen molar-refractivity contribution in [2.75, 3.05) is 13.1 Å². The quantitative estimate of drug-likeness (QED) is 0.590. The maximum atomic E-state index is 10.8. The standard InChI is InChI=1S/C6H13N2O/c1-2-3-6-7-4-5-8(6)9/h6-7H,2-5H2,1H3/q-1. The first-order valence-electron chi connectivity index (χ1n) is 3.51. The van der Waals surface area contributed by atoms with Crippen molar-refractivity contribution < 1.29 is 0 Å². The fourth-order valence-electron chi connectivity index (χ4n) is 1.12. The third kappa shape index (κ3) is 1.64. The molecule has 0 aromatic heterocycles. The highest BCUT2D eigenvalue weighted by Crippen LogP contribution is 2.05. The molecule has 0 aromatic carbocycles. The van der Waals surface area contributed by atoms with Crippen LogP contribution in [-0.4, -0.2) is 24.3 Å². The molecule has 0 radical (unpaired) electrons. The normalized spacial score (nSPS) is 29.3. The van der Waals surface area contributed by atoms with Gasteiger partial charge in [-0.2, -0.15) is 0 Å². The zero-order chi connectivity index (χ0) is 6.69. The Hall–Kier alpha value is -0.120. The van der Waals surface area contributed by atoms with Crippen molar-refractivity contribution in [2.24, 2.45) is 0 Å². The lowest BCUT2D eigenvalue weighted by atomic mass is 10.3. The Bertz CT molecular complexity index is 87.1. The number of hydroxylamine groups is 2. The van der Waals surface area contributed by atoms with Crippen LogP contribution < -0.4 is 5.32 Å². The van der Waals surface area contributed by atoms with E-state index in [1.165, 1.54) is 0 Å². The minimum absolute atomic E-state index is 0.106. The lowest BCUT2D eigenvalue weighted by Gasteiger charge is -2.28. The van der Waals surface area contributed by atoms with Gasteiger partial charge in [0.15, 0.2) is 0 Å². The van der Waals surface area contributed by atoms with Crippen molar-refractivity contribution in [3.8, 4) is 0 Å². The predicted molar refractivity (Wildman–Crippen MR) is 36.8 cm³/mol. The average Bonchev–Trinajstić information content (AvgIpc) is 2.18. The Kier molecular flexibility index (Phi) is 2.45. The second-order valence-electron chi connectivity index (χ2n) is 2.40. The number of nitrogens with zero attached hydrogens (tertiary/aromatic N) is 1. The molecule has 9 heavy (non-hydrogen) atoms. The molecule has 0 aliphatic carbocycles. The molecule has 0 spiro atoms. The Morgan fingerprint density at radius 1 is 1.78 bits per heavy atom. The molecule has 1 atom stereocenters. The highest BCUT2D eigenvalue weighted by Gasteiger charge is 2.13. The highest BCUT2D eigenvalue weighted by atomic mass is 16.5. The molecular weight excluding hydrogens is 116 g/mol. The summed E-state index contributed by atoms with van der Waals surface area (Å²) in [6, 6.07) is 0. The van der Waals surface area contributed by atoms with Crippen LogP contribution in [0.25, 0.3) is 0 Å². The SMILES string of the molecule is CCCC1NCCN1[O-]. The largest absolute Gasteiger partial charge is 0.784 e. The van der Waals surface area contributed by atoms with Gasteiger partial charge >= 0.3 is 0 Å². The molecule has 0 bridgehead atoms. The summed E-state index contributed by atoms with van der Waals surface area (Å²) < 4.78 is 0. The van der Waals surface area contributed by atoms with Gasteiger partial charge in [-0.05, 0) is 13.0 Å². The molecule has 0 amide bonds. The average molecular weight is 129 g/mol. The maximum Gasteiger partial charge on any atom is 0.0482 e. The van der Waals surface area contributed by atoms with Crippen LogP contribution in [0.4, 0.5) is 0 Å². The van der Waals surface area contributed by atoms with E-state index in [-0.39, 0.29) is 6.17 Å². The van der Waals surface area contributed by atoms with Gasteiger partial charge in [0.05, 0.1) is 0 Å². The third-order valence-electron chi connectivity index (χ3n) is 1.62. The van der Waals surface area contributed by atoms with Crippen molar-refractivity contribution >= 4 is 0 Å². The molecule has 3 heteroatoms. The van der Waals surface area contributed by atoms with E-state index in [9.17, 15) is 5.21 Å². The van der Waals surface area contributed by atoms with E-state index >= 15 is 0 Å². The van der Waals surface area contributed by atoms with Crippen LogP contribution in [0.2, 0.25) is 0 Å². The van der Waals surface area contributed by atoms with Crippen LogP contribution in [0.1, 0.15) is 19.8 Å². The van der Waals surface area contributed by atoms with Crippen molar-refractivity contribution in [3.63, 3.8) is 0 Å². The first-order chi connectivity index (χ1) is 4.34. The molecule has 0 aromatic rings. The van der Waals surface area contributed by atoms with Gasteiger partial charge < -0.3 is 15.6 Å². The van der Waals surface area contributed by atoms with Crippen LogP contribution in [0.5, 0.6) is 0 Å². The first-order valence-corrected chi connectivity index (χ1v) is 3.51. The Balaban J connectivity index is 2.22. The second kappa shape index (κ2) is 3.15. The second-order valence-corrected chi connectivity index (χ2v) is 2.40. The molecule has 54 valence electrons. The van der Waals surface area contributed by atoms with Crippen LogP contribution >= 0.6 is 0 Å². The van der Waals surface area contributed by atoms with E-state index in [1.54, 1.807) is 0 Å². The Morgan fingerprint density at radius 2 is 2.56 bits per heavy atom. The molecule has 1 N–H and O–H groups in total. The highest BCUT2D eigenvalue weighted by molar-refractivity contribution is 4.77. The Morgan fingerprint density at radius 3 is 3.00 bits per heavy atom. The number of nitrogens with one attached hydrogen (secondary N) is 1. The summed E-state index contributed by atoms with van der Waals surface area (Å²) in [4.78, 5) is 0. The molecule has 1 unspecified atom stereocenters. The number of rotatable bonds is 2. The number of hydrogen-bond acceptors (Lipinski definition) is 3. The van der Waals surface area contributed by atoms with Gasteiger partial charge in [-0.25, -0.2) is 0 Å². The van der Waals surface area contributed by atoms with Crippen molar-refractivity contribution in [2.45, 2.75) is 25.9 Å². The van der Waals surface area contributed by atoms with Gasteiger partial charge in [0, 0.05) is 12.7 Å². The Labute approximate surface area is 55.6 Å². The van der Waals surface area contributed by atoms with Crippen molar-refractivity contribution in [3.05, 3.63) is 5.21 Å². The summed E-state index contributed by atoms with van der Waals surface area (Å²) in [7, 11) is 0. The molecule has 1 rings (SSSR count). The number of hydrogen-bond donors (Lipinski definition) is 1. The molecule has 1 aliphatic heterocycles.